The summed E-state index contributed by atoms with van der Waals surface area (Å²) in [6.45, 7) is 8.21. The molecule has 1 saturated heterocycles. The van der Waals surface area contributed by atoms with E-state index < -0.39 is 0 Å². The lowest BCUT2D eigenvalue weighted by atomic mass is 10.1. The van der Waals surface area contributed by atoms with Crippen LogP contribution in [0.1, 0.15) is 26.3 Å². The number of likely N-dealkylation sites (N-methyl/N-ethyl adjacent to an activating group) is 1. The van der Waals surface area contributed by atoms with Gasteiger partial charge >= 0.3 is 5.69 Å². The summed E-state index contributed by atoms with van der Waals surface area (Å²) < 4.78 is 8.53. The molecule has 2 heterocycles. The third kappa shape index (κ3) is 3.68. The molecule has 2 atom stereocenters. The van der Waals surface area contributed by atoms with Gasteiger partial charge in [-0.15, -0.1) is 0 Å². The minimum Gasteiger partial charge on any atom is -0.380 e. The number of rotatable bonds is 6. The molecule has 7 heteroatoms. The van der Waals surface area contributed by atoms with Gasteiger partial charge in [0.25, 0.3) is 0 Å². The van der Waals surface area contributed by atoms with Gasteiger partial charge in [-0.3, -0.25) is 0 Å². The number of nitrogens with zero attached hydrogens (tertiary/aromatic N) is 5. The number of anilines is 1. The highest BCUT2D eigenvalue weighted by Crippen LogP contribution is 2.19. The van der Waals surface area contributed by atoms with E-state index in [1.165, 1.54) is 10.4 Å². The van der Waals surface area contributed by atoms with Gasteiger partial charge in [0.05, 0.1) is 17.8 Å². The summed E-state index contributed by atoms with van der Waals surface area (Å²) in [6.07, 6.45) is 2.31. The molecule has 142 valence electrons. The van der Waals surface area contributed by atoms with Gasteiger partial charge in [0.1, 0.15) is 6.33 Å². The average molecular weight is 359 g/mol. The molecule has 26 heavy (non-hydrogen) atoms. The minimum absolute atomic E-state index is 0.0688. The standard InChI is InChI=1S/C19H29N5O2/c1-5-18(15(2)26-4)24-19(25)23(14-20-24)17-8-6-16(7-9-17)22-12-10-21(3)11-13-22/h6-9,14-15,18H,5,10-13H2,1-4H3/t15-,18?/m0/s1. The van der Waals surface area contributed by atoms with Crippen LogP contribution in [0.3, 0.4) is 0 Å². The van der Waals surface area contributed by atoms with Gasteiger partial charge in [0.15, 0.2) is 0 Å². The van der Waals surface area contributed by atoms with E-state index in [1.54, 1.807) is 18.0 Å². The molecule has 0 bridgehead atoms. The zero-order valence-electron chi connectivity index (χ0n) is 16.1. The van der Waals surface area contributed by atoms with Crippen molar-refractivity contribution in [2.75, 3.05) is 45.2 Å². The Morgan fingerprint density at radius 1 is 1.12 bits per heavy atom. The van der Waals surface area contributed by atoms with Crippen molar-refractivity contribution in [3.05, 3.63) is 41.1 Å². The first kappa shape index (κ1) is 18.7. The van der Waals surface area contributed by atoms with Crippen molar-refractivity contribution in [2.24, 2.45) is 0 Å². The third-order valence-corrected chi connectivity index (χ3v) is 5.34. The van der Waals surface area contributed by atoms with E-state index in [0.29, 0.717) is 0 Å². The van der Waals surface area contributed by atoms with Crippen molar-refractivity contribution in [1.82, 2.24) is 19.2 Å². The Bertz CT molecular complexity index is 759. The first-order chi connectivity index (χ1) is 12.5. The van der Waals surface area contributed by atoms with Crippen molar-refractivity contribution >= 4 is 5.69 Å². The van der Waals surface area contributed by atoms with Crippen LogP contribution in [-0.2, 0) is 4.74 Å². The monoisotopic (exact) mass is 359 g/mol. The quantitative estimate of drug-likeness (QED) is 0.787. The Balaban J connectivity index is 1.81. The van der Waals surface area contributed by atoms with E-state index in [4.69, 9.17) is 4.74 Å². The van der Waals surface area contributed by atoms with Gasteiger partial charge < -0.3 is 14.5 Å². The average Bonchev–Trinajstić information content (AvgIpc) is 3.04. The highest BCUT2D eigenvalue weighted by atomic mass is 16.5. The lowest BCUT2D eigenvalue weighted by molar-refractivity contribution is 0.0632. The van der Waals surface area contributed by atoms with E-state index in [9.17, 15) is 4.79 Å². The zero-order chi connectivity index (χ0) is 18.7. The SMILES string of the molecule is CCC([C@H](C)OC)n1ncn(-c2ccc(N3CCN(C)CC3)cc2)c1=O. The van der Waals surface area contributed by atoms with Crippen molar-refractivity contribution in [3.63, 3.8) is 0 Å². The van der Waals surface area contributed by atoms with Gasteiger partial charge in [-0.25, -0.2) is 14.0 Å². The molecular formula is C19H29N5O2. The van der Waals surface area contributed by atoms with Crippen molar-refractivity contribution in [3.8, 4) is 5.69 Å². The maximum Gasteiger partial charge on any atom is 0.350 e. The normalized spacial score (nSPS) is 18.1. The molecule has 0 radical (unpaired) electrons. The number of benzene rings is 1. The van der Waals surface area contributed by atoms with Crippen LogP contribution < -0.4 is 10.6 Å². The Kier molecular flexibility index (Phi) is 5.78. The number of methoxy groups -OCH3 is 1. The molecule has 2 aromatic rings. The van der Waals surface area contributed by atoms with E-state index >= 15 is 0 Å². The fraction of sp³-hybridized carbons (Fsp3) is 0.579. The number of ether oxygens (including phenoxy) is 1. The van der Waals surface area contributed by atoms with Gasteiger partial charge in [0.2, 0.25) is 0 Å². The van der Waals surface area contributed by atoms with Crippen LogP contribution in [0, 0.1) is 0 Å². The summed E-state index contributed by atoms with van der Waals surface area (Å²) in [7, 11) is 3.81. The van der Waals surface area contributed by atoms with E-state index in [-0.39, 0.29) is 17.8 Å². The highest BCUT2D eigenvalue weighted by molar-refractivity contribution is 5.51. The topological polar surface area (TPSA) is 55.5 Å². The van der Waals surface area contributed by atoms with Crippen LogP contribution in [0.15, 0.2) is 35.4 Å². The fourth-order valence-electron chi connectivity index (χ4n) is 3.47. The van der Waals surface area contributed by atoms with Crippen LogP contribution in [0.4, 0.5) is 5.69 Å². The summed E-state index contributed by atoms with van der Waals surface area (Å²) in [5.41, 5.74) is 1.90. The molecule has 1 aliphatic rings. The predicted molar refractivity (Wildman–Crippen MR) is 103 cm³/mol. The summed E-state index contributed by atoms with van der Waals surface area (Å²) in [6, 6.07) is 8.07. The summed E-state index contributed by atoms with van der Waals surface area (Å²) >= 11 is 0. The van der Waals surface area contributed by atoms with Gasteiger partial charge in [-0.05, 0) is 44.7 Å². The van der Waals surface area contributed by atoms with E-state index in [0.717, 1.165) is 38.3 Å². The maximum atomic E-state index is 12.8. The molecule has 1 aliphatic heterocycles. The first-order valence-corrected chi connectivity index (χ1v) is 9.28. The first-order valence-electron chi connectivity index (χ1n) is 9.28. The lowest BCUT2D eigenvalue weighted by Crippen LogP contribution is -2.44. The smallest absolute Gasteiger partial charge is 0.350 e. The second kappa shape index (κ2) is 8.05. The third-order valence-electron chi connectivity index (χ3n) is 5.34. The van der Waals surface area contributed by atoms with Crippen LogP contribution >= 0.6 is 0 Å². The zero-order valence-corrected chi connectivity index (χ0v) is 16.1. The molecule has 0 spiro atoms. The number of hydrogen-bond acceptors (Lipinski definition) is 5. The van der Waals surface area contributed by atoms with E-state index in [2.05, 4.69) is 34.1 Å². The lowest BCUT2D eigenvalue weighted by Gasteiger charge is -2.34. The van der Waals surface area contributed by atoms with Crippen LogP contribution in [-0.4, -0.2) is 65.7 Å². The number of piperazine rings is 1. The molecule has 7 nitrogen and oxygen atoms in total. The molecule has 1 aromatic carbocycles. The summed E-state index contributed by atoms with van der Waals surface area (Å²) in [4.78, 5) is 17.5. The van der Waals surface area contributed by atoms with Crippen LogP contribution in [0.5, 0.6) is 0 Å². The Labute approximate surface area is 154 Å². The predicted octanol–water partition coefficient (Wildman–Crippen LogP) is 1.77. The molecule has 3 rings (SSSR count). The fourth-order valence-corrected chi connectivity index (χ4v) is 3.47. The Hall–Kier alpha value is -2.12. The number of aromatic nitrogens is 3. The largest absolute Gasteiger partial charge is 0.380 e. The molecule has 0 amide bonds. The second-order valence-corrected chi connectivity index (χ2v) is 6.95. The molecule has 1 aromatic heterocycles. The summed E-state index contributed by atoms with van der Waals surface area (Å²) in [5.74, 6) is 0. The van der Waals surface area contributed by atoms with Crippen molar-refractivity contribution in [2.45, 2.75) is 32.4 Å². The van der Waals surface area contributed by atoms with Crippen LogP contribution in [0.25, 0.3) is 5.69 Å². The second-order valence-electron chi connectivity index (χ2n) is 6.95. The molecule has 1 unspecified atom stereocenters. The van der Waals surface area contributed by atoms with Gasteiger partial charge in [-0.2, -0.15) is 5.10 Å². The molecule has 0 saturated carbocycles. The minimum atomic E-state index is -0.131. The van der Waals surface area contributed by atoms with Gasteiger partial charge in [0, 0.05) is 39.0 Å². The maximum absolute atomic E-state index is 12.8. The Morgan fingerprint density at radius 3 is 2.31 bits per heavy atom. The molecular weight excluding hydrogens is 330 g/mol. The number of hydrogen-bond donors (Lipinski definition) is 0. The van der Waals surface area contributed by atoms with Crippen molar-refractivity contribution in [1.29, 1.82) is 0 Å². The van der Waals surface area contributed by atoms with Gasteiger partial charge in [-0.1, -0.05) is 6.92 Å². The van der Waals surface area contributed by atoms with Crippen molar-refractivity contribution < 1.29 is 4.74 Å². The molecule has 0 N–H and O–H groups in total. The highest BCUT2D eigenvalue weighted by Gasteiger charge is 2.21. The molecule has 0 aliphatic carbocycles. The Morgan fingerprint density at radius 2 is 1.73 bits per heavy atom. The summed E-state index contributed by atoms with van der Waals surface area (Å²) in [5, 5.41) is 4.32. The molecule has 1 fully saturated rings. The van der Waals surface area contributed by atoms with Crippen LogP contribution in [0.2, 0.25) is 0 Å². The van der Waals surface area contributed by atoms with E-state index in [1.807, 2.05) is 26.0 Å².